The number of hydrogen-bond donors (Lipinski definition) is 0. The summed E-state index contributed by atoms with van der Waals surface area (Å²) in [5.41, 5.74) is 2.61. The Hall–Kier alpha value is -3.02. The number of likely N-dealkylation sites (N-methyl/N-ethyl adjacent to an activating group) is 1. The van der Waals surface area contributed by atoms with Gasteiger partial charge in [0.25, 0.3) is 10.0 Å². The molecule has 9 nitrogen and oxygen atoms in total. The number of nitrogens with zero attached hydrogens (tertiary/aromatic N) is 4. The summed E-state index contributed by atoms with van der Waals surface area (Å²) in [6.07, 6.45) is 1.69. The van der Waals surface area contributed by atoms with Gasteiger partial charge in [-0.1, -0.05) is 11.6 Å². The summed E-state index contributed by atoms with van der Waals surface area (Å²) < 4.78 is 39.5. The SMILES string of the molecule is CCN(Cc1cncs1)C(=O)CN(c1cc(N(C)C)ccc1Cl)S(=O)(=O)c1ccc(OC)c(OC)c1. The number of thiazole rings is 1. The summed E-state index contributed by atoms with van der Waals surface area (Å²) in [5.74, 6) is 0.257. The molecule has 3 rings (SSSR count). The molecule has 0 saturated heterocycles. The molecule has 194 valence electrons. The van der Waals surface area contributed by atoms with Gasteiger partial charge in [0.05, 0.1) is 41.9 Å². The summed E-state index contributed by atoms with van der Waals surface area (Å²) in [4.78, 5) is 21.7. The fourth-order valence-corrected chi connectivity index (χ4v) is 5.80. The van der Waals surface area contributed by atoms with Crippen molar-refractivity contribution in [3.8, 4) is 11.5 Å². The monoisotopic (exact) mass is 552 g/mol. The van der Waals surface area contributed by atoms with E-state index in [1.54, 1.807) is 34.8 Å². The van der Waals surface area contributed by atoms with Crippen molar-refractivity contribution < 1.29 is 22.7 Å². The van der Waals surface area contributed by atoms with Crippen molar-refractivity contribution in [2.75, 3.05) is 50.6 Å². The molecule has 1 heterocycles. The Morgan fingerprint density at radius 3 is 2.39 bits per heavy atom. The molecule has 0 atom stereocenters. The van der Waals surface area contributed by atoms with Gasteiger partial charge in [-0.25, -0.2) is 8.42 Å². The number of amides is 1. The average molecular weight is 553 g/mol. The van der Waals surface area contributed by atoms with Crippen molar-refractivity contribution in [3.05, 3.63) is 58.0 Å². The lowest BCUT2D eigenvalue weighted by Gasteiger charge is -2.29. The summed E-state index contributed by atoms with van der Waals surface area (Å²) in [5, 5.41) is 0.197. The summed E-state index contributed by atoms with van der Waals surface area (Å²) >= 11 is 7.93. The fourth-order valence-electron chi connectivity index (χ4n) is 3.48. The van der Waals surface area contributed by atoms with E-state index >= 15 is 0 Å². The molecular formula is C24H29ClN4O5S2. The Kier molecular flexibility index (Phi) is 9.04. The molecule has 0 fully saturated rings. The molecule has 3 aromatic rings. The second-order valence-electron chi connectivity index (χ2n) is 7.93. The maximum atomic E-state index is 14.0. The highest BCUT2D eigenvalue weighted by molar-refractivity contribution is 7.92. The zero-order valence-corrected chi connectivity index (χ0v) is 23.2. The number of aromatic nitrogens is 1. The first-order valence-corrected chi connectivity index (χ1v) is 13.7. The summed E-state index contributed by atoms with van der Waals surface area (Å²) in [6.45, 7) is 2.12. The number of carbonyl (C=O) groups excluding carboxylic acids is 1. The topological polar surface area (TPSA) is 92.3 Å². The lowest BCUT2D eigenvalue weighted by Crippen LogP contribution is -2.43. The van der Waals surface area contributed by atoms with Gasteiger partial charge in [-0.3, -0.25) is 14.1 Å². The Bertz CT molecular complexity index is 1300. The highest BCUT2D eigenvalue weighted by Crippen LogP contribution is 2.36. The quantitative estimate of drug-likeness (QED) is 0.353. The van der Waals surface area contributed by atoms with Crippen LogP contribution in [0.5, 0.6) is 11.5 Å². The standard InChI is InChI=1S/C24H29ClN4O5S2/c1-6-28(14-18-13-26-16-35-18)24(30)15-29(21-11-17(27(2)3)7-9-20(21)25)36(31,32)19-8-10-22(33-4)23(12-19)34-5/h7-13,16H,6,14-15H2,1-5H3. The van der Waals surface area contributed by atoms with Crippen LogP contribution >= 0.6 is 22.9 Å². The first kappa shape index (κ1) is 27.6. The van der Waals surface area contributed by atoms with Gasteiger partial charge in [-0.2, -0.15) is 0 Å². The van der Waals surface area contributed by atoms with E-state index in [1.807, 2.05) is 25.9 Å². The van der Waals surface area contributed by atoms with Crippen LogP contribution in [0.25, 0.3) is 0 Å². The maximum Gasteiger partial charge on any atom is 0.264 e. The largest absolute Gasteiger partial charge is 0.493 e. The second kappa shape index (κ2) is 11.8. The minimum absolute atomic E-state index is 0.0650. The van der Waals surface area contributed by atoms with Crippen molar-refractivity contribution in [1.82, 2.24) is 9.88 Å². The first-order chi connectivity index (χ1) is 17.1. The lowest BCUT2D eigenvalue weighted by molar-refractivity contribution is -0.129. The van der Waals surface area contributed by atoms with Crippen LogP contribution in [-0.4, -0.2) is 65.6 Å². The predicted molar refractivity (Wildman–Crippen MR) is 143 cm³/mol. The molecule has 0 aliphatic carbocycles. The Morgan fingerprint density at radius 1 is 1.08 bits per heavy atom. The first-order valence-electron chi connectivity index (χ1n) is 11.0. The van der Waals surface area contributed by atoms with E-state index in [0.29, 0.717) is 18.8 Å². The Labute approximate surface area is 220 Å². The summed E-state index contributed by atoms with van der Waals surface area (Å²) in [6, 6.07) is 9.32. The minimum Gasteiger partial charge on any atom is -0.493 e. The van der Waals surface area contributed by atoms with E-state index in [4.69, 9.17) is 21.1 Å². The number of anilines is 2. The summed E-state index contributed by atoms with van der Waals surface area (Å²) in [7, 11) is 2.31. The van der Waals surface area contributed by atoms with Gasteiger partial charge in [-0.15, -0.1) is 11.3 Å². The molecule has 0 aliphatic heterocycles. The van der Waals surface area contributed by atoms with Gasteiger partial charge in [0, 0.05) is 43.5 Å². The second-order valence-corrected chi connectivity index (χ2v) is 11.2. The van der Waals surface area contributed by atoms with E-state index in [2.05, 4.69) is 4.98 Å². The average Bonchev–Trinajstić information content (AvgIpc) is 3.38. The van der Waals surface area contributed by atoms with Crippen molar-refractivity contribution >= 4 is 50.2 Å². The number of hydrogen-bond acceptors (Lipinski definition) is 8. The Balaban J connectivity index is 2.09. The van der Waals surface area contributed by atoms with Crippen LogP contribution in [0, 0.1) is 0 Å². The van der Waals surface area contributed by atoms with Crippen LogP contribution in [-0.2, 0) is 21.4 Å². The zero-order chi connectivity index (χ0) is 26.5. The number of carbonyl (C=O) groups is 1. The normalized spacial score (nSPS) is 11.2. The third-order valence-electron chi connectivity index (χ3n) is 5.50. The molecule has 0 saturated carbocycles. The number of rotatable bonds is 11. The van der Waals surface area contributed by atoms with Crippen molar-refractivity contribution in [3.63, 3.8) is 0 Å². The van der Waals surface area contributed by atoms with Gasteiger partial charge in [0.1, 0.15) is 6.54 Å². The maximum absolute atomic E-state index is 14.0. The van der Waals surface area contributed by atoms with Gasteiger partial charge < -0.3 is 19.3 Å². The molecule has 0 N–H and O–H groups in total. The van der Waals surface area contributed by atoms with Gasteiger partial charge in [0.2, 0.25) is 5.91 Å². The molecule has 0 aliphatic rings. The van der Waals surface area contributed by atoms with E-state index in [9.17, 15) is 13.2 Å². The fraction of sp³-hybridized carbons (Fsp3) is 0.333. The molecule has 1 amide bonds. The predicted octanol–water partition coefficient (Wildman–Crippen LogP) is 4.12. The van der Waals surface area contributed by atoms with E-state index in [-0.39, 0.29) is 27.3 Å². The minimum atomic E-state index is -4.24. The number of benzene rings is 2. The molecule has 2 aromatic carbocycles. The number of halogens is 1. The van der Waals surface area contributed by atoms with Gasteiger partial charge >= 0.3 is 0 Å². The molecule has 12 heteroatoms. The molecule has 36 heavy (non-hydrogen) atoms. The molecular weight excluding hydrogens is 524 g/mol. The van der Waals surface area contributed by atoms with Crippen molar-refractivity contribution in [2.45, 2.75) is 18.4 Å². The van der Waals surface area contributed by atoms with E-state index < -0.39 is 16.6 Å². The molecule has 0 unspecified atom stereocenters. The number of methoxy groups -OCH3 is 2. The van der Waals surface area contributed by atoms with Crippen molar-refractivity contribution in [1.29, 1.82) is 0 Å². The zero-order valence-electron chi connectivity index (χ0n) is 20.8. The highest BCUT2D eigenvalue weighted by Gasteiger charge is 2.31. The van der Waals surface area contributed by atoms with Crippen LogP contribution in [0.2, 0.25) is 5.02 Å². The highest BCUT2D eigenvalue weighted by atomic mass is 35.5. The van der Waals surface area contributed by atoms with Crippen LogP contribution in [0.1, 0.15) is 11.8 Å². The molecule has 0 spiro atoms. The number of sulfonamides is 1. The van der Waals surface area contributed by atoms with Crippen LogP contribution in [0.15, 0.2) is 53.0 Å². The Morgan fingerprint density at radius 2 is 1.81 bits per heavy atom. The van der Waals surface area contributed by atoms with Crippen LogP contribution in [0.4, 0.5) is 11.4 Å². The lowest BCUT2D eigenvalue weighted by atomic mass is 10.2. The van der Waals surface area contributed by atoms with Crippen LogP contribution in [0.3, 0.4) is 0 Å². The molecule has 0 bridgehead atoms. The smallest absolute Gasteiger partial charge is 0.264 e. The van der Waals surface area contributed by atoms with E-state index in [1.165, 1.54) is 43.8 Å². The van der Waals surface area contributed by atoms with Crippen LogP contribution < -0.4 is 18.7 Å². The van der Waals surface area contributed by atoms with Gasteiger partial charge in [0.15, 0.2) is 11.5 Å². The third kappa shape index (κ3) is 6.03. The van der Waals surface area contributed by atoms with Gasteiger partial charge in [-0.05, 0) is 37.3 Å². The molecule has 0 radical (unpaired) electrons. The number of ether oxygens (including phenoxy) is 2. The molecule has 1 aromatic heterocycles. The van der Waals surface area contributed by atoms with Crippen molar-refractivity contribution in [2.24, 2.45) is 0 Å². The van der Waals surface area contributed by atoms with E-state index in [0.717, 1.165) is 14.9 Å². The third-order valence-corrected chi connectivity index (χ3v) is 8.34.